The van der Waals surface area contributed by atoms with Crippen molar-refractivity contribution in [2.75, 3.05) is 13.7 Å². The van der Waals surface area contributed by atoms with E-state index in [9.17, 15) is 9.59 Å². The molecule has 1 saturated heterocycles. The van der Waals surface area contributed by atoms with Crippen LogP contribution in [0.3, 0.4) is 0 Å². The Hall–Kier alpha value is -2.08. The van der Waals surface area contributed by atoms with Gasteiger partial charge in [0.25, 0.3) is 0 Å². The molecule has 1 aromatic carbocycles. The van der Waals surface area contributed by atoms with E-state index in [0.717, 1.165) is 5.56 Å². The predicted molar refractivity (Wildman–Crippen MR) is 74.3 cm³/mol. The summed E-state index contributed by atoms with van der Waals surface area (Å²) in [6.45, 7) is 3.71. The largest absolute Gasteiger partial charge is 0.467 e. The predicted octanol–water partition coefficient (Wildman–Crippen LogP) is 1.93. The highest BCUT2D eigenvalue weighted by atomic mass is 16.6. The molecule has 1 fully saturated rings. The fourth-order valence-corrected chi connectivity index (χ4v) is 2.18. The van der Waals surface area contributed by atoms with Gasteiger partial charge in [0.1, 0.15) is 12.3 Å². The highest BCUT2D eigenvalue weighted by molar-refractivity contribution is 5.77. The number of carbonyl (C=O) groups excluding carboxylic acids is 2. The van der Waals surface area contributed by atoms with Crippen molar-refractivity contribution in [1.29, 1.82) is 0 Å². The molecular weight excluding hydrogens is 274 g/mol. The minimum Gasteiger partial charge on any atom is -0.467 e. The van der Waals surface area contributed by atoms with Crippen LogP contribution < -0.4 is 0 Å². The van der Waals surface area contributed by atoms with Gasteiger partial charge in [-0.1, -0.05) is 30.3 Å². The van der Waals surface area contributed by atoms with Crippen LogP contribution in [0.15, 0.2) is 30.3 Å². The first-order valence-electron chi connectivity index (χ1n) is 6.68. The highest BCUT2D eigenvalue weighted by Gasteiger charge is 2.46. The molecule has 2 rings (SSSR count). The highest BCUT2D eigenvalue weighted by Crippen LogP contribution is 2.28. The second kappa shape index (κ2) is 6.13. The Kier molecular flexibility index (Phi) is 4.47. The zero-order valence-corrected chi connectivity index (χ0v) is 12.4. The third-order valence-corrected chi connectivity index (χ3v) is 3.32. The molecule has 1 aliphatic rings. The van der Waals surface area contributed by atoms with Gasteiger partial charge in [-0.3, -0.25) is 4.90 Å². The van der Waals surface area contributed by atoms with E-state index < -0.39 is 23.9 Å². The number of esters is 1. The Labute approximate surface area is 123 Å². The summed E-state index contributed by atoms with van der Waals surface area (Å²) in [4.78, 5) is 25.1. The van der Waals surface area contributed by atoms with Crippen LogP contribution in [-0.4, -0.2) is 42.4 Å². The van der Waals surface area contributed by atoms with Crippen molar-refractivity contribution in [3.8, 4) is 0 Å². The molecule has 0 N–H and O–H groups in total. The van der Waals surface area contributed by atoms with E-state index in [1.54, 1.807) is 13.8 Å². The molecule has 6 nitrogen and oxygen atoms in total. The maximum atomic E-state index is 12.2. The van der Waals surface area contributed by atoms with Crippen molar-refractivity contribution in [2.24, 2.45) is 0 Å². The number of rotatable bonds is 3. The molecule has 1 aromatic rings. The van der Waals surface area contributed by atoms with Gasteiger partial charge in [-0.25, -0.2) is 9.59 Å². The van der Waals surface area contributed by atoms with Gasteiger partial charge in [-0.2, -0.15) is 0 Å². The standard InChI is InChI=1S/C15H19NO5/c1-15(2)16(9-12(21-15)13(17)19-3)14(18)20-10-11-7-5-4-6-8-11/h4-8,12H,9-10H2,1-3H3. The first-order chi connectivity index (χ1) is 9.94. The summed E-state index contributed by atoms with van der Waals surface area (Å²) in [5.74, 6) is -0.499. The summed E-state index contributed by atoms with van der Waals surface area (Å²) in [5, 5.41) is 0. The van der Waals surface area contributed by atoms with Crippen LogP contribution in [0.5, 0.6) is 0 Å². The van der Waals surface area contributed by atoms with Crippen LogP contribution in [-0.2, 0) is 25.6 Å². The van der Waals surface area contributed by atoms with Gasteiger partial charge in [-0.05, 0) is 19.4 Å². The molecule has 0 aromatic heterocycles. The third kappa shape index (κ3) is 3.52. The van der Waals surface area contributed by atoms with Crippen LogP contribution in [0.4, 0.5) is 4.79 Å². The lowest BCUT2D eigenvalue weighted by Crippen LogP contribution is -2.43. The van der Waals surface area contributed by atoms with Crippen LogP contribution in [0.2, 0.25) is 0 Å². The van der Waals surface area contributed by atoms with Crippen molar-refractivity contribution in [1.82, 2.24) is 4.90 Å². The number of carbonyl (C=O) groups is 2. The Morgan fingerprint density at radius 3 is 2.62 bits per heavy atom. The van der Waals surface area contributed by atoms with Crippen molar-refractivity contribution in [2.45, 2.75) is 32.3 Å². The topological polar surface area (TPSA) is 65.1 Å². The summed E-state index contributed by atoms with van der Waals surface area (Å²) in [5.41, 5.74) is -0.0135. The van der Waals surface area contributed by atoms with Crippen LogP contribution in [0, 0.1) is 0 Å². The molecule has 1 aliphatic heterocycles. The third-order valence-electron chi connectivity index (χ3n) is 3.32. The minimum atomic E-state index is -0.910. The SMILES string of the molecule is COC(=O)C1CN(C(=O)OCc2ccccc2)C(C)(C)O1. The molecule has 21 heavy (non-hydrogen) atoms. The first kappa shape index (κ1) is 15.3. The fraction of sp³-hybridized carbons (Fsp3) is 0.467. The summed E-state index contributed by atoms with van der Waals surface area (Å²) in [6, 6.07) is 9.38. The number of benzene rings is 1. The fourth-order valence-electron chi connectivity index (χ4n) is 2.18. The van der Waals surface area contributed by atoms with Gasteiger partial charge in [0.05, 0.1) is 13.7 Å². The zero-order chi connectivity index (χ0) is 15.5. The Bertz CT molecular complexity index is 514. The molecule has 0 bridgehead atoms. The van der Waals surface area contributed by atoms with Gasteiger partial charge in [-0.15, -0.1) is 0 Å². The number of methoxy groups -OCH3 is 1. The summed E-state index contributed by atoms with van der Waals surface area (Å²) < 4.78 is 15.4. The Morgan fingerprint density at radius 2 is 2.00 bits per heavy atom. The monoisotopic (exact) mass is 293 g/mol. The molecule has 0 radical (unpaired) electrons. The average molecular weight is 293 g/mol. The molecule has 1 unspecified atom stereocenters. The summed E-state index contributed by atoms with van der Waals surface area (Å²) in [7, 11) is 1.29. The maximum absolute atomic E-state index is 12.2. The molecule has 6 heteroatoms. The molecule has 0 saturated carbocycles. The first-order valence-corrected chi connectivity index (χ1v) is 6.68. The molecule has 0 aliphatic carbocycles. The lowest BCUT2D eigenvalue weighted by Gasteiger charge is -2.28. The molecular formula is C15H19NO5. The average Bonchev–Trinajstić information content (AvgIpc) is 2.80. The Balaban J connectivity index is 1.97. The molecule has 1 atom stereocenters. The lowest BCUT2D eigenvalue weighted by atomic mass is 10.2. The smallest absolute Gasteiger partial charge is 0.412 e. The summed E-state index contributed by atoms with van der Waals surface area (Å²) >= 11 is 0. The minimum absolute atomic E-state index is 0.118. The van der Waals surface area contributed by atoms with Crippen molar-refractivity contribution in [3.63, 3.8) is 0 Å². The molecule has 1 heterocycles. The Morgan fingerprint density at radius 1 is 1.33 bits per heavy atom. The van der Waals surface area contributed by atoms with E-state index in [0.29, 0.717) is 0 Å². The molecule has 1 amide bonds. The van der Waals surface area contributed by atoms with Gasteiger partial charge < -0.3 is 14.2 Å². The number of ether oxygens (including phenoxy) is 3. The maximum Gasteiger partial charge on any atom is 0.412 e. The molecule has 114 valence electrons. The van der Waals surface area contributed by atoms with Gasteiger partial charge in [0.15, 0.2) is 6.10 Å². The number of hydrogen-bond acceptors (Lipinski definition) is 5. The second-order valence-corrected chi connectivity index (χ2v) is 5.23. The van der Waals surface area contributed by atoms with E-state index >= 15 is 0 Å². The van der Waals surface area contributed by atoms with Crippen molar-refractivity contribution in [3.05, 3.63) is 35.9 Å². The number of nitrogens with zero attached hydrogens (tertiary/aromatic N) is 1. The van der Waals surface area contributed by atoms with E-state index in [1.807, 2.05) is 30.3 Å². The van der Waals surface area contributed by atoms with E-state index in [1.165, 1.54) is 12.0 Å². The van der Waals surface area contributed by atoms with Crippen LogP contribution in [0.25, 0.3) is 0 Å². The van der Waals surface area contributed by atoms with Crippen LogP contribution in [0.1, 0.15) is 19.4 Å². The number of hydrogen-bond donors (Lipinski definition) is 0. The van der Waals surface area contributed by atoms with Crippen molar-refractivity contribution >= 4 is 12.1 Å². The van der Waals surface area contributed by atoms with E-state index in [4.69, 9.17) is 9.47 Å². The van der Waals surface area contributed by atoms with Gasteiger partial charge in [0.2, 0.25) is 0 Å². The lowest BCUT2D eigenvalue weighted by molar-refractivity contribution is -0.157. The zero-order valence-electron chi connectivity index (χ0n) is 12.4. The number of amides is 1. The van der Waals surface area contributed by atoms with Crippen molar-refractivity contribution < 1.29 is 23.8 Å². The van der Waals surface area contributed by atoms with Gasteiger partial charge >= 0.3 is 12.1 Å². The van der Waals surface area contributed by atoms with E-state index in [-0.39, 0.29) is 13.2 Å². The molecule has 0 spiro atoms. The second-order valence-electron chi connectivity index (χ2n) is 5.23. The normalized spacial score (nSPS) is 20.1. The van der Waals surface area contributed by atoms with Crippen LogP contribution >= 0.6 is 0 Å². The van der Waals surface area contributed by atoms with E-state index in [2.05, 4.69) is 4.74 Å². The summed E-state index contributed by atoms with van der Waals surface area (Å²) in [6.07, 6.45) is -1.30. The van der Waals surface area contributed by atoms with Gasteiger partial charge in [0, 0.05) is 0 Å². The quantitative estimate of drug-likeness (QED) is 0.797.